The summed E-state index contributed by atoms with van der Waals surface area (Å²) in [5, 5.41) is 6.10. The number of halogens is 3. The SMILES string of the molecule is CCc1cc(N2CCC(N3CCN(C)CC3)CC2)ccc1Nc1ncc(C(F)(F)F)c(NCC(C)CN2CCCCCC2=O)n1. The Kier molecular flexibility index (Phi) is 11.1. The van der Waals surface area contributed by atoms with Gasteiger partial charge in [0.15, 0.2) is 0 Å². The molecule has 3 aliphatic rings. The first kappa shape index (κ1) is 33.2. The topological polar surface area (TPSA) is 79.9 Å². The summed E-state index contributed by atoms with van der Waals surface area (Å²) in [6.45, 7) is 12.0. The van der Waals surface area contributed by atoms with E-state index in [2.05, 4.69) is 61.4 Å². The fourth-order valence-electron chi connectivity index (χ4n) is 6.72. The largest absolute Gasteiger partial charge is 0.421 e. The summed E-state index contributed by atoms with van der Waals surface area (Å²) in [4.78, 5) is 30.0. The molecule has 2 N–H and O–H groups in total. The van der Waals surface area contributed by atoms with Gasteiger partial charge in [-0.25, -0.2) is 4.98 Å². The Morgan fingerprint density at radius 3 is 2.49 bits per heavy atom. The van der Waals surface area contributed by atoms with Gasteiger partial charge in [-0.1, -0.05) is 20.3 Å². The summed E-state index contributed by atoms with van der Waals surface area (Å²) in [5.74, 6) is -0.0784. The molecule has 45 heavy (non-hydrogen) atoms. The predicted octanol–water partition coefficient (Wildman–Crippen LogP) is 5.47. The van der Waals surface area contributed by atoms with Gasteiger partial charge in [0.05, 0.1) is 0 Å². The number of rotatable bonds is 10. The minimum absolute atomic E-state index is 0.0506. The van der Waals surface area contributed by atoms with Crippen molar-refractivity contribution in [3.05, 3.63) is 35.5 Å². The molecule has 248 valence electrons. The number of aromatic nitrogens is 2. The van der Waals surface area contributed by atoms with E-state index in [4.69, 9.17) is 0 Å². The number of likely N-dealkylation sites (N-methyl/N-ethyl adjacent to an activating group) is 1. The Morgan fingerprint density at radius 1 is 1.02 bits per heavy atom. The lowest BCUT2D eigenvalue weighted by molar-refractivity contribution is -0.137. The summed E-state index contributed by atoms with van der Waals surface area (Å²) < 4.78 is 41.7. The highest BCUT2D eigenvalue weighted by atomic mass is 19.4. The molecule has 1 unspecified atom stereocenters. The van der Waals surface area contributed by atoms with Crippen molar-refractivity contribution in [3.8, 4) is 0 Å². The van der Waals surface area contributed by atoms with Crippen molar-refractivity contribution < 1.29 is 18.0 Å². The zero-order valence-corrected chi connectivity index (χ0v) is 27.0. The van der Waals surface area contributed by atoms with Crippen LogP contribution in [-0.4, -0.2) is 103 Å². The van der Waals surface area contributed by atoms with Crippen molar-refractivity contribution in [1.29, 1.82) is 0 Å². The third kappa shape index (κ3) is 8.78. The van der Waals surface area contributed by atoms with Gasteiger partial charge in [-0.05, 0) is 68.8 Å². The van der Waals surface area contributed by atoms with E-state index in [0.717, 1.165) is 95.2 Å². The minimum Gasteiger partial charge on any atom is -0.371 e. The van der Waals surface area contributed by atoms with Gasteiger partial charge in [-0.15, -0.1) is 0 Å². The number of carbonyl (C=O) groups excluding carboxylic acids is 1. The van der Waals surface area contributed by atoms with E-state index < -0.39 is 11.7 Å². The zero-order chi connectivity index (χ0) is 32.0. The standard InChI is InChI=1S/C33H49F3N8O/c1-4-25-20-27(42-14-11-26(12-15-42)43-18-16-41(3)17-19-43)9-10-29(25)39-32-38-22-28(33(34,35)36)31(40-32)37-21-24(2)23-44-13-7-5-6-8-30(44)45/h9-10,20,22,24,26H,4-8,11-19,21,23H2,1-3H3,(H2,37,38,39,40). The molecule has 9 nitrogen and oxygen atoms in total. The van der Waals surface area contributed by atoms with E-state index in [1.165, 1.54) is 5.69 Å². The molecule has 0 aliphatic carbocycles. The quantitative estimate of drug-likeness (QED) is 0.358. The number of anilines is 4. The first-order valence-corrected chi connectivity index (χ1v) is 16.6. The van der Waals surface area contributed by atoms with Crippen LogP contribution in [0.25, 0.3) is 0 Å². The molecule has 0 radical (unpaired) electrons. The number of benzene rings is 1. The Labute approximate surface area is 265 Å². The van der Waals surface area contributed by atoms with Crippen molar-refractivity contribution in [1.82, 2.24) is 24.7 Å². The zero-order valence-electron chi connectivity index (χ0n) is 27.0. The van der Waals surface area contributed by atoms with Crippen molar-refractivity contribution in [2.45, 2.75) is 71.0 Å². The number of piperazine rings is 1. The minimum atomic E-state index is -4.60. The molecule has 1 amide bonds. The second kappa shape index (κ2) is 15.0. The van der Waals surface area contributed by atoms with Crippen LogP contribution in [0.1, 0.15) is 63.5 Å². The second-order valence-electron chi connectivity index (χ2n) is 13.0. The molecule has 3 aliphatic heterocycles. The average molecular weight is 631 g/mol. The summed E-state index contributed by atoms with van der Waals surface area (Å²) in [6, 6.07) is 6.87. The van der Waals surface area contributed by atoms with Crippen LogP contribution in [0.2, 0.25) is 0 Å². The van der Waals surface area contributed by atoms with Gasteiger partial charge >= 0.3 is 6.18 Å². The van der Waals surface area contributed by atoms with Gasteiger partial charge in [-0.3, -0.25) is 9.69 Å². The van der Waals surface area contributed by atoms with Crippen LogP contribution in [0.15, 0.2) is 24.4 Å². The van der Waals surface area contributed by atoms with Crippen molar-refractivity contribution in [2.24, 2.45) is 5.92 Å². The maximum Gasteiger partial charge on any atom is 0.421 e. The molecule has 0 spiro atoms. The summed E-state index contributed by atoms with van der Waals surface area (Å²) in [6.07, 6.45) is 2.71. The van der Waals surface area contributed by atoms with E-state index in [1.807, 2.05) is 17.9 Å². The third-order valence-electron chi connectivity index (χ3n) is 9.52. The predicted molar refractivity (Wildman–Crippen MR) is 173 cm³/mol. The third-order valence-corrected chi connectivity index (χ3v) is 9.52. The molecule has 5 rings (SSSR count). The van der Waals surface area contributed by atoms with Gasteiger partial charge in [0.2, 0.25) is 11.9 Å². The van der Waals surface area contributed by atoms with Crippen molar-refractivity contribution >= 4 is 29.0 Å². The first-order valence-electron chi connectivity index (χ1n) is 16.6. The molecular formula is C33H49F3N8O. The van der Waals surface area contributed by atoms with Crippen molar-refractivity contribution in [2.75, 3.05) is 81.5 Å². The first-order chi connectivity index (χ1) is 21.6. The molecule has 3 saturated heterocycles. The normalized spacial score (nSPS) is 20.3. The highest BCUT2D eigenvalue weighted by Gasteiger charge is 2.35. The number of aryl methyl sites for hydroxylation is 1. The monoisotopic (exact) mass is 630 g/mol. The number of carbonyl (C=O) groups is 1. The summed E-state index contributed by atoms with van der Waals surface area (Å²) >= 11 is 0. The number of nitrogens with one attached hydrogen (secondary N) is 2. The number of nitrogens with zero attached hydrogens (tertiary/aromatic N) is 6. The number of hydrogen-bond donors (Lipinski definition) is 2. The van der Waals surface area contributed by atoms with E-state index >= 15 is 0 Å². The summed E-state index contributed by atoms with van der Waals surface area (Å²) in [5.41, 5.74) is 2.11. The lowest BCUT2D eigenvalue weighted by atomic mass is 10.0. The van der Waals surface area contributed by atoms with Gasteiger partial charge in [0.1, 0.15) is 11.4 Å². The number of piperidine rings is 1. The van der Waals surface area contributed by atoms with Crippen LogP contribution in [-0.2, 0) is 17.4 Å². The molecule has 12 heteroatoms. The molecular weight excluding hydrogens is 581 g/mol. The average Bonchev–Trinajstić information content (AvgIpc) is 3.23. The molecule has 4 heterocycles. The fraction of sp³-hybridized carbons (Fsp3) is 0.667. The molecule has 3 fully saturated rings. The van der Waals surface area contributed by atoms with E-state index in [1.54, 1.807) is 0 Å². The summed E-state index contributed by atoms with van der Waals surface area (Å²) in [7, 11) is 2.19. The molecule has 1 atom stereocenters. The molecule has 1 aromatic heterocycles. The Morgan fingerprint density at radius 2 is 1.78 bits per heavy atom. The van der Waals surface area contributed by atoms with E-state index in [-0.39, 0.29) is 30.1 Å². The lowest BCUT2D eigenvalue weighted by Gasteiger charge is -2.42. The molecule has 1 aromatic carbocycles. The molecule has 2 aromatic rings. The molecule has 0 saturated carbocycles. The molecule has 0 bridgehead atoms. The maximum atomic E-state index is 13.9. The fourth-order valence-corrected chi connectivity index (χ4v) is 6.72. The number of hydrogen-bond acceptors (Lipinski definition) is 8. The van der Waals surface area contributed by atoms with Crippen LogP contribution < -0.4 is 15.5 Å². The second-order valence-corrected chi connectivity index (χ2v) is 13.0. The Bertz CT molecular complexity index is 1280. The number of alkyl halides is 3. The van der Waals surface area contributed by atoms with Gasteiger partial charge < -0.3 is 25.3 Å². The van der Waals surface area contributed by atoms with Gasteiger partial charge in [-0.2, -0.15) is 18.2 Å². The van der Waals surface area contributed by atoms with Crippen molar-refractivity contribution in [3.63, 3.8) is 0 Å². The highest BCUT2D eigenvalue weighted by Crippen LogP contribution is 2.35. The van der Waals surface area contributed by atoms with Crippen LogP contribution >= 0.6 is 0 Å². The van der Waals surface area contributed by atoms with Crippen LogP contribution in [0, 0.1) is 5.92 Å². The van der Waals surface area contributed by atoms with Crippen LogP contribution in [0.4, 0.5) is 36.3 Å². The number of likely N-dealkylation sites (tertiary alicyclic amines) is 1. The van der Waals surface area contributed by atoms with Crippen LogP contribution in [0.3, 0.4) is 0 Å². The van der Waals surface area contributed by atoms with Gasteiger partial charge in [0.25, 0.3) is 0 Å². The van der Waals surface area contributed by atoms with E-state index in [0.29, 0.717) is 25.6 Å². The Balaban J connectivity index is 1.23. The highest BCUT2D eigenvalue weighted by molar-refractivity contribution is 5.76. The van der Waals surface area contributed by atoms with Gasteiger partial charge in [0, 0.05) is 88.9 Å². The number of amides is 1. The van der Waals surface area contributed by atoms with Crippen LogP contribution in [0.5, 0.6) is 0 Å². The maximum absolute atomic E-state index is 13.9. The smallest absolute Gasteiger partial charge is 0.371 e. The lowest BCUT2D eigenvalue weighted by Crippen LogP contribution is -2.52. The van der Waals surface area contributed by atoms with E-state index in [9.17, 15) is 18.0 Å². The Hall–Kier alpha value is -3.12.